The average molecular weight is 418 g/mol. The van der Waals surface area contributed by atoms with Crippen LogP contribution in [0.4, 0.5) is 5.82 Å². The number of benzene rings is 2. The van der Waals surface area contributed by atoms with Gasteiger partial charge in [0, 0.05) is 17.7 Å². The van der Waals surface area contributed by atoms with E-state index in [9.17, 15) is 9.59 Å². The Labute approximate surface area is 182 Å². The predicted octanol–water partition coefficient (Wildman–Crippen LogP) is 5.06. The van der Waals surface area contributed by atoms with Gasteiger partial charge in [0.05, 0.1) is 0 Å². The molecule has 6 nitrogen and oxygen atoms in total. The lowest BCUT2D eigenvalue weighted by atomic mass is 9.93. The van der Waals surface area contributed by atoms with E-state index in [4.69, 9.17) is 4.52 Å². The van der Waals surface area contributed by atoms with E-state index in [1.807, 2.05) is 54.6 Å². The first kappa shape index (κ1) is 20.8. The number of rotatable bonds is 6. The third-order valence-electron chi connectivity index (χ3n) is 5.72. The van der Waals surface area contributed by atoms with E-state index < -0.39 is 0 Å². The molecule has 3 aromatic rings. The number of nitrogens with one attached hydrogen (secondary N) is 1. The van der Waals surface area contributed by atoms with Crippen LogP contribution >= 0.6 is 0 Å². The summed E-state index contributed by atoms with van der Waals surface area (Å²) < 4.78 is 5.01. The Balaban J connectivity index is 1.51. The van der Waals surface area contributed by atoms with Gasteiger partial charge in [-0.1, -0.05) is 66.9 Å². The minimum absolute atomic E-state index is 0.00412. The zero-order chi connectivity index (χ0) is 21.6. The second kappa shape index (κ2) is 9.60. The van der Waals surface area contributed by atoms with Crippen molar-refractivity contribution in [2.24, 2.45) is 0 Å². The Hall–Kier alpha value is -3.41. The summed E-state index contributed by atoms with van der Waals surface area (Å²) in [6, 6.07) is 19.4. The summed E-state index contributed by atoms with van der Waals surface area (Å²) in [4.78, 5) is 27.8. The maximum atomic E-state index is 13.4. The van der Waals surface area contributed by atoms with E-state index in [0.29, 0.717) is 17.1 Å². The van der Waals surface area contributed by atoms with E-state index >= 15 is 0 Å². The number of aromatic nitrogens is 1. The number of anilines is 1. The molecule has 2 amide bonds. The van der Waals surface area contributed by atoms with E-state index in [-0.39, 0.29) is 24.4 Å². The molecule has 4 rings (SSSR count). The Bertz CT molecular complexity index is 1020. The van der Waals surface area contributed by atoms with Gasteiger partial charge in [0.2, 0.25) is 5.91 Å². The zero-order valence-corrected chi connectivity index (χ0v) is 17.7. The van der Waals surface area contributed by atoms with Gasteiger partial charge in [-0.05, 0) is 43.0 Å². The number of carbonyl (C=O) groups is 2. The highest BCUT2D eigenvalue weighted by Gasteiger charge is 2.28. The molecule has 6 heteroatoms. The standard InChI is InChI=1S/C25H27N3O3/c1-18-16-23(27-31-18)26-24(29)17-28(22-10-6-3-7-11-22)25(30)21-14-12-20(13-15-21)19-8-4-2-5-9-19/h2,4-5,8-9,12-16,22H,3,6-7,10-11,17H2,1H3,(H,26,27,29). The molecule has 1 aliphatic carbocycles. The van der Waals surface area contributed by atoms with Crippen LogP contribution in [0.15, 0.2) is 65.2 Å². The Morgan fingerprint density at radius 2 is 1.68 bits per heavy atom. The fourth-order valence-corrected chi connectivity index (χ4v) is 4.12. The first-order valence-electron chi connectivity index (χ1n) is 10.8. The van der Waals surface area contributed by atoms with Gasteiger partial charge in [0.1, 0.15) is 12.3 Å². The van der Waals surface area contributed by atoms with E-state index in [1.165, 1.54) is 6.42 Å². The molecule has 0 bridgehead atoms. The molecule has 0 spiro atoms. The van der Waals surface area contributed by atoms with Crippen LogP contribution in [0.2, 0.25) is 0 Å². The van der Waals surface area contributed by atoms with Gasteiger partial charge in [-0.2, -0.15) is 0 Å². The lowest BCUT2D eigenvalue weighted by molar-refractivity contribution is -0.117. The van der Waals surface area contributed by atoms with Crippen LogP contribution in [0.5, 0.6) is 0 Å². The van der Waals surface area contributed by atoms with Crippen LogP contribution in [0.25, 0.3) is 11.1 Å². The highest BCUT2D eigenvalue weighted by atomic mass is 16.5. The van der Waals surface area contributed by atoms with Gasteiger partial charge in [-0.15, -0.1) is 0 Å². The van der Waals surface area contributed by atoms with Crippen LogP contribution < -0.4 is 5.32 Å². The quantitative estimate of drug-likeness (QED) is 0.608. The molecule has 31 heavy (non-hydrogen) atoms. The van der Waals surface area contributed by atoms with Gasteiger partial charge < -0.3 is 14.7 Å². The summed E-state index contributed by atoms with van der Waals surface area (Å²) in [5, 5.41) is 6.54. The number of aryl methyl sites for hydroxylation is 1. The number of carbonyl (C=O) groups excluding carboxylic acids is 2. The summed E-state index contributed by atoms with van der Waals surface area (Å²) in [6.07, 6.45) is 5.17. The molecule has 1 aliphatic rings. The summed E-state index contributed by atoms with van der Waals surface area (Å²) >= 11 is 0. The SMILES string of the molecule is Cc1cc(NC(=O)CN(C(=O)c2ccc(-c3ccccc3)cc2)C2CCCCC2)no1. The Morgan fingerprint density at radius 3 is 2.32 bits per heavy atom. The van der Waals surface area contributed by atoms with E-state index in [0.717, 1.165) is 36.8 Å². The molecule has 160 valence electrons. The lowest BCUT2D eigenvalue weighted by Crippen LogP contribution is -2.45. The van der Waals surface area contributed by atoms with Gasteiger partial charge in [-0.3, -0.25) is 9.59 Å². The molecule has 0 unspecified atom stereocenters. The van der Waals surface area contributed by atoms with Crippen LogP contribution in [0.1, 0.15) is 48.2 Å². The first-order valence-corrected chi connectivity index (χ1v) is 10.8. The smallest absolute Gasteiger partial charge is 0.254 e. The molecule has 0 aliphatic heterocycles. The second-order valence-corrected chi connectivity index (χ2v) is 8.04. The van der Waals surface area contributed by atoms with Gasteiger partial charge in [0.15, 0.2) is 5.82 Å². The molecule has 2 aromatic carbocycles. The van der Waals surface area contributed by atoms with Crippen LogP contribution in [0, 0.1) is 6.92 Å². The van der Waals surface area contributed by atoms with Crippen molar-refractivity contribution in [3.63, 3.8) is 0 Å². The minimum atomic E-state index is -0.270. The van der Waals surface area contributed by atoms with E-state index in [2.05, 4.69) is 10.5 Å². The van der Waals surface area contributed by atoms with Crippen LogP contribution in [-0.2, 0) is 4.79 Å². The molecule has 0 saturated heterocycles. The maximum absolute atomic E-state index is 13.4. The van der Waals surface area contributed by atoms with Gasteiger partial charge in [0.25, 0.3) is 5.91 Å². The summed E-state index contributed by atoms with van der Waals surface area (Å²) in [6.45, 7) is 1.76. The molecule has 1 N–H and O–H groups in total. The molecule has 1 heterocycles. The molecule has 0 atom stereocenters. The van der Waals surface area contributed by atoms with E-state index in [1.54, 1.807) is 17.9 Å². The van der Waals surface area contributed by atoms with Crippen molar-refractivity contribution in [1.29, 1.82) is 0 Å². The zero-order valence-electron chi connectivity index (χ0n) is 17.7. The van der Waals surface area contributed by atoms with Crippen molar-refractivity contribution >= 4 is 17.6 Å². The molecule has 0 radical (unpaired) electrons. The molecule has 1 aromatic heterocycles. The molecular weight excluding hydrogens is 390 g/mol. The van der Waals surface area contributed by atoms with Gasteiger partial charge >= 0.3 is 0 Å². The topological polar surface area (TPSA) is 75.4 Å². The molecule has 1 fully saturated rings. The summed E-state index contributed by atoms with van der Waals surface area (Å²) in [5.74, 6) is 0.603. The average Bonchev–Trinajstić information content (AvgIpc) is 3.22. The first-order chi connectivity index (χ1) is 15.1. The fourth-order valence-electron chi connectivity index (χ4n) is 4.12. The Kier molecular flexibility index (Phi) is 6.46. The minimum Gasteiger partial charge on any atom is -0.360 e. The highest BCUT2D eigenvalue weighted by Crippen LogP contribution is 2.25. The van der Waals surface area contributed by atoms with Crippen LogP contribution in [-0.4, -0.2) is 34.5 Å². The third kappa shape index (κ3) is 5.20. The normalized spacial score (nSPS) is 14.2. The maximum Gasteiger partial charge on any atom is 0.254 e. The second-order valence-electron chi connectivity index (χ2n) is 8.04. The van der Waals surface area contributed by atoms with Crippen molar-refractivity contribution in [3.8, 4) is 11.1 Å². The monoisotopic (exact) mass is 417 g/mol. The van der Waals surface area contributed by atoms with Crippen molar-refractivity contribution in [1.82, 2.24) is 10.1 Å². The Morgan fingerprint density at radius 1 is 1.00 bits per heavy atom. The molecule has 1 saturated carbocycles. The number of amides is 2. The van der Waals surface area contributed by atoms with Gasteiger partial charge in [-0.25, -0.2) is 0 Å². The highest BCUT2D eigenvalue weighted by molar-refractivity contribution is 5.99. The van der Waals surface area contributed by atoms with Crippen molar-refractivity contribution < 1.29 is 14.1 Å². The number of nitrogens with zero attached hydrogens (tertiary/aromatic N) is 2. The van der Waals surface area contributed by atoms with Crippen molar-refractivity contribution in [3.05, 3.63) is 72.0 Å². The van der Waals surface area contributed by atoms with Crippen LogP contribution in [0.3, 0.4) is 0 Å². The summed E-state index contributed by atoms with van der Waals surface area (Å²) in [5.41, 5.74) is 2.75. The number of hydrogen-bond donors (Lipinski definition) is 1. The van der Waals surface area contributed by atoms with Crippen molar-refractivity contribution in [2.45, 2.75) is 45.1 Å². The number of hydrogen-bond acceptors (Lipinski definition) is 4. The predicted molar refractivity (Wildman–Crippen MR) is 120 cm³/mol. The summed E-state index contributed by atoms with van der Waals surface area (Å²) in [7, 11) is 0. The third-order valence-corrected chi connectivity index (χ3v) is 5.72. The van der Waals surface area contributed by atoms with Crippen molar-refractivity contribution in [2.75, 3.05) is 11.9 Å². The molecular formula is C25H27N3O3. The fraction of sp³-hybridized carbons (Fsp3) is 0.320. The lowest BCUT2D eigenvalue weighted by Gasteiger charge is -2.34. The largest absolute Gasteiger partial charge is 0.360 e.